The third-order valence-electron chi connectivity index (χ3n) is 2.48. The van der Waals surface area contributed by atoms with Crippen molar-refractivity contribution in [2.24, 2.45) is 0 Å². The minimum Gasteiger partial charge on any atom is -0.507 e. The summed E-state index contributed by atoms with van der Waals surface area (Å²) in [7, 11) is 0. The van der Waals surface area contributed by atoms with Crippen molar-refractivity contribution in [1.82, 2.24) is 5.32 Å². The Kier molecular flexibility index (Phi) is 6.57. The lowest BCUT2D eigenvalue weighted by molar-refractivity contribution is 0.0937. The highest BCUT2D eigenvalue weighted by Gasteiger charge is 2.13. The van der Waals surface area contributed by atoms with Crippen molar-refractivity contribution in [3.8, 4) is 5.75 Å². The summed E-state index contributed by atoms with van der Waals surface area (Å²) in [5, 5.41) is 12.5. The number of phenols is 1. The lowest BCUT2D eigenvalue weighted by atomic mass is 10.1. The molecule has 0 bridgehead atoms. The molecule has 18 heavy (non-hydrogen) atoms. The maximum Gasteiger partial charge on any atom is 0.255 e. The number of hydrogen-bond donors (Lipinski definition) is 2. The Balaban J connectivity index is 2.56. The topological polar surface area (TPSA) is 49.3 Å². The first-order valence-electron chi connectivity index (χ1n) is 5.91. The molecule has 0 aliphatic carbocycles. The number of carbonyl (C=O) groups is 1. The van der Waals surface area contributed by atoms with Crippen molar-refractivity contribution in [3.63, 3.8) is 0 Å². The predicted molar refractivity (Wildman–Crippen MR) is 80.4 cm³/mol. The maximum atomic E-state index is 12.0. The summed E-state index contributed by atoms with van der Waals surface area (Å²) in [5.41, 5.74) is 0.305. The molecule has 1 amide bonds. The smallest absolute Gasteiger partial charge is 0.255 e. The quantitative estimate of drug-likeness (QED) is 0.785. The Labute approximate surface area is 120 Å². The zero-order valence-corrected chi connectivity index (χ0v) is 13.0. The Bertz CT molecular complexity index is 412. The first-order chi connectivity index (χ1) is 8.54. The van der Waals surface area contributed by atoms with Crippen molar-refractivity contribution in [3.05, 3.63) is 28.2 Å². The van der Waals surface area contributed by atoms with Gasteiger partial charge in [0.25, 0.3) is 5.91 Å². The molecule has 0 aliphatic rings. The van der Waals surface area contributed by atoms with E-state index in [9.17, 15) is 9.90 Å². The number of hydrogen-bond acceptors (Lipinski definition) is 3. The van der Waals surface area contributed by atoms with E-state index in [-0.39, 0.29) is 17.7 Å². The number of aromatic hydroxyl groups is 1. The summed E-state index contributed by atoms with van der Waals surface area (Å²) in [6.07, 6.45) is 0.930. The Morgan fingerprint density at radius 3 is 2.94 bits per heavy atom. The van der Waals surface area contributed by atoms with Crippen LogP contribution >= 0.6 is 27.7 Å². The first-order valence-corrected chi connectivity index (χ1v) is 7.86. The van der Waals surface area contributed by atoms with E-state index >= 15 is 0 Å². The van der Waals surface area contributed by atoms with Gasteiger partial charge in [0, 0.05) is 10.5 Å². The molecule has 5 heteroatoms. The lowest BCUT2D eigenvalue weighted by Crippen LogP contribution is -2.33. The summed E-state index contributed by atoms with van der Waals surface area (Å²) in [4.78, 5) is 12.0. The first kappa shape index (κ1) is 15.4. The van der Waals surface area contributed by atoms with Crippen LogP contribution in [0.2, 0.25) is 0 Å². The Hall–Kier alpha value is -0.680. The highest BCUT2D eigenvalue weighted by Crippen LogP contribution is 2.21. The van der Waals surface area contributed by atoms with Gasteiger partial charge in [0.05, 0.1) is 5.56 Å². The molecular formula is C13H18BrNO2S. The number of amides is 1. The molecule has 3 nitrogen and oxygen atoms in total. The van der Waals surface area contributed by atoms with Crippen molar-refractivity contribution in [1.29, 1.82) is 0 Å². The van der Waals surface area contributed by atoms with Gasteiger partial charge in [-0.05, 0) is 43.0 Å². The van der Waals surface area contributed by atoms with Crippen molar-refractivity contribution in [2.45, 2.75) is 26.3 Å². The van der Waals surface area contributed by atoms with Crippen molar-refractivity contribution < 1.29 is 9.90 Å². The van der Waals surface area contributed by atoms with Gasteiger partial charge in [-0.1, -0.05) is 22.9 Å². The van der Waals surface area contributed by atoms with Crippen LogP contribution in [0, 0.1) is 0 Å². The summed E-state index contributed by atoms with van der Waals surface area (Å²) in [6.45, 7) is 4.09. The van der Waals surface area contributed by atoms with Gasteiger partial charge < -0.3 is 10.4 Å². The SMILES string of the molecule is CCSCCC(C)NC(=O)c1cc(Br)ccc1O. The molecule has 0 saturated heterocycles. The number of carbonyl (C=O) groups excluding carboxylic acids is 1. The molecule has 0 radical (unpaired) electrons. The van der Waals surface area contributed by atoms with Gasteiger partial charge in [-0.25, -0.2) is 0 Å². The number of nitrogens with one attached hydrogen (secondary N) is 1. The number of rotatable bonds is 6. The van der Waals surface area contributed by atoms with Gasteiger partial charge in [0.1, 0.15) is 5.75 Å². The third kappa shape index (κ3) is 4.90. The van der Waals surface area contributed by atoms with Crippen LogP contribution in [-0.2, 0) is 0 Å². The molecule has 1 unspecified atom stereocenters. The van der Waals surface area contributed by atoms with E-state index in [4.69, 9.17) is 0 Å². The standard InChI is InChI=1S/C13H18BrNO2S/c1-3-18-7-6-9(2)15-13(17)11-8-10(14)4-5-12(11)16/h4-5,8-9,16H,3,6-7H2,1-2H3,(H,15,17). The van der Waals surface area contributed by atoms with Gasteiger partial charge >= 0.3 is 0 Å². The van der Waals surface area contributed by atoms with E-state index in [1.807, 2.05) is 18.7 Å². The molecule has 0 aromatic heterocycles. The lowest BCUT2D eigenvalue weighted by Gasteiger charge is -2.14. The molecule has 1 aromatic carbocycles. The maximum absolute atomic E-state index is 12.0. The van der Waals surface area contributed by atoms with Crippen molar-refractivity contribution >= 4 is 33.6 Å². The third-order valence-corrected chi connectivity index (χ3v) is 3.91. The summed E-state index contributed by atoms with van der Waals surface area (Å²) in [6, 6.07) is 4.94. The Morgan fingerprint density at radius 2 is 2.28 bits per heavy atom. The van der Waals surface area contributed by atoms with Crippen LogP contribution < -0.4 is 5.32 Å². The van der Waals surface area contributed by atoms with Gasteiger partial charge in [0.15, 0.2) is 0 Å². The van der Waals surface area contributed by atoms with E-state index in [1.54, 1.807) is 12.1 Å². The van der Waals surface area contributed by atoms with Crippen LogP contribution in [0.1, 0.15) is 30.6 Å². The highest BCUT2D eigenvalue weighted by molar-refractivity contribution is 9.10. The number of phenolic OH excluding ortho intramolecular Hbond substituents is 1. The molecule has 100 valence electrons. The monoisotopic (exact) mass is 331 g/mol. The second kappa shape index (κ2) is 7.69. The normalized spacial score (nSPS) is 12.2. The molecule has 1 rings (SSSR count). The van der Waals surface area contributed by atoms with Crippen LogP contribution in [0.3, 0.4) is 0 Å². The number of thioether (sulfide) groups is 1. The zero-order valence-electron chi connectivity index (χ0n) is 10.6. The fraction of sp³-hybridized carbons (Fsp3) is 0.462. The van der Waals surface area contributed by atoms with Crippen LogP contribution in [0.5, 0.6) is 5.75 Å². The van der Waals surface area contributed by atoms with E-state index in [0.717, 1.165) is 22.4 Å². The zero-order chi connectivity index (χ0) is 13.5. The van der Waals surface area contributed by atoms with Crippen LogP contribution in [0.15, 0.2) is 22.7 Å². The van der Waals surface area contributed by atoms with Crippen LogP contribution in [-0.4, -0.2) is 28.6 Å². The average Bonchev–Trinajstić information content (AvgIpc) is 2.32. The fourth-order valence-electron chi connectivity index (χ4n) is 1.47. The minimum atomic E-state index is -0.234. The van der Waals surface area contributed by atoms with Crippen molar-refractivity contribution in [2.75, 3.05) is 11.5 Å². The van der Waals surface area contributed by atoms with Gasteiger partial charge in [-0.3, -0.25) is 4.79 Å². The number of benzene rings is 1. The van der Waals surface area contributed by atoms with E-state index in [2.05, 4.69) is 28.2 Å². The average molecular weight is 332 g/mol. The molecule has 2 N–H and O–H groups in total. The van der Waals surface area contributed by atoms with E-state index in [1.165, 1.54) is 6.07 Å². The summed E-state index contributed by atoms with van der Waals surface area (Å²) < 4.78 is 0.777. The Morgan fingerprint density at radius 1 is 1.56 bits per heavy atom. The minimum absolute atomic E-state index is 0.00540. The van der Waals surface area contributed by atoms with Gasteiger partial charge in [-0.2, -0.15) is 11.8 Å². The molecule has 0 saturated carbocycles. The van der Waals surface area contributed by atoms with E-state index in [0.29, 0.717) is 5.56 Å². The fourth-order valence-corrected chi connectivity index (χ4v) is 2.64. The highest BCUT2D eigenvalue weighted by atomic mass is 79.9. The van der Waals surface area contributed by atoms with Gasteiger partial charge in [0.2, 0.25) is 0 Å². The molecule has 1 aromatic rings. The second-order valence-electron chi connectivity index (χ2n) is 4.02. The summed E-state index contributed by atoms with van der Waals surface area (Å²) in [5.74, 6) is 1.89. The molecule has 1 atom stereocenters. The van der Waals surface area contributed by atoms with Gasteiger partial charge in [-0.15, -0.1) is 0 Å². The van der Waals surface area contributed by atoms with Crippen LogP contribution in [0.4, 0.5) is 0 Å². The number of halogens is 1. The largest absolute Gasteiger partial charge is 0.507 e. The molecule has 0 heterocycles. The second-order valence-corrected chi connectivity index (χ2v) is 6.33. The van der Waals surface area contributed by atoms with E-state index < -0.39 is 0 Å². The predicted octanol–water partition coefficient (Wildman–Crippen LogP) is 3.42. The summed E-state index contributed by atoms with van der Waals surface area (Å²) >= 11 is 5.14. The molecule has 0 aliphatic heterocycles. The molecular weight excluding hydrogens is 314 g/mol. The molecule has 0 spiro atoms. The molecule has 0 fully saturated rings. The van der Waals surface area contributed by atoms with Crippen LogP contribution in [0.25, 0.3) is 0 Å².